The maximum absolute atomic E-state index is 12.3. The minimum atomic E-state index is -4.46. The number of alkyl halides is 3. The lowest BCUT2D eigenvalue weighted by atomic mass is 10.1. The van der Waals surface area contributed by atoms with E-state index < -0.39 is 12.0 Å². The summed E-state index contributed by atoms with van der Waals surface area (Å²) in [5, 5.41) is 0. The van der Waals surface area contributed by atoms with Crippen molar-refractivity contribution in [1.82, 2.24) is 9.97 Å². The second-order valence-corrected chi connectivity index (χ2v) is 3.41. The lowest BCUT2D eigenvalue weighted by Gasteiger charge is -2.10. The van der Waals surface area contributed by atoms with Gasteiger partial charge in [0.2, 0.25) is 5.82 Å². The molecule has 0 saturated heterocycles. The Hall–Kier alpha value is -1.13. The molecule has 0 aliphatic carbocycles. The molecule has 5 heteroatoms. The largest absolute Gasteiger partial charge is 0.451 e. The number of halogens is 3. The minimum Gasteiger partial charge on any atom is -0.230 e. The van der Waals surface area contributed by atoms with E-state index in [4.69, 9.17) is 0 Å². The zero-order chi connectivity index (χ0) is 10.9. The molecule has 78 valence electrons. The molecule has 0 aliphatic heterocycles. The van der Waals surface area contributed by atoms with Crippen LogP contribution in [0.2, 0.25) is 0 Å². The predicted molar refractivity (Wildman–Crippen MR) is 45.9 cm³/mol. The summed E-state index contributed by atoms with van der Waals surface area (Å²) < 4.78 is 36.9. The second-order valence-electron chi connectivity index (χ2n) is 3.41. The van der Waals surface area contributed by atoms with Crippen LogP contribution in [-0.4, -0.2) is 9.97 Å². The van der Waals surface area contributed by atoms with E-state index >= 15 is 0 Å². The van der Waals surface area contributed by atoms with Crippen molar-refractivity contribution < 1.29 is 13.2 Å². The van der Waals surface area contributed by atoms with Gasteiger partial charge in [0.25, 0.3) is 0 Å². The Balaban J connectivity index is 3.21. The van der Waals surface area contributed by atoms with E-state index in [1.807, 2.05) is 0 Å². The quantitative estimate of drug-likeness (QED) is 0.702. The van der Waals surface area contributed by atoms with Crippen molar-refractivity contribution in [3.05, 3.63) is 23.3 Å². The molecular weight excluding hydrogens is 193 g/mol. The number of nitrogens with zero attached hydrogens (tertiary/aromatic N) is 2. The Morgan fingerprint density at radius 3 is 2.21 bits per heavy atom. The number of hydrogen-bond donors (Lipinski definition) is 0. The van der Waals surface area contributed by atoms with Crippen molar-refractivity contribution in [1.29, 1.82) is 0 Å². The zero-order valence-corrected chi connectivity index (χ0v) is 8.18. The van der Waals surface area contributed by atoms with Gasteiger partial charge in [0.15, 0.2) is 0 Å². The smallest absolute Gasteiger partial charge is 0.230 e. The molecule has 0 unspecified atom stereocenters. The van der Waals surface area contributed by atoms with Crippen LogP contribution in [0.15, 0.2) is 6.07 Å². The van der Waals surface area contributed by atoms with E-state index in [1.165, 1.54) is 6.92 Å². The molecule has 0 spiro atoms. The molecule has 0 atom stereocenters. The van der Waals surface area contributed by atoms with Crippen molar-refractivity contribution >= 4 is 0 Å². The van der Waals surface area contributed by atoms with Gasteiger partial charge in [-0.15, -0.1) is 0 Å². The maximum atomic E-state index is 12.3. The van der Waals surface area contributed by atoms with Crippen LogP contribution in [0.5, 0.6) is 0 Å². The number of aryl methyl sites for hydroxylation is 1. The molecule has 1 rings (SSSR count). The lowest BCUT2D eigenvalue weighted by molar-refractivity contribution is -0.145. The van der Waals surface area contributed by atoms with Crippen molar-refractivity contribution in [3.8, 4) is 0 Å². The van der Waals surface area contributed by atoms with Crippen LogP contribution in [0.4, 0.5) is 13.2 Å². The first kappa shape index (κ1) is 10.9. The van der Waals surface area contributed by atoms with Gasteiger partial charge in [-0.1, -0.05) is 13.8 Å². The second kappa shape index (κ2) is 3.55. The molecular formula is C9H11F3N2. The third-order valence-electron chi connectivity index (χ3n) is 1.72. The lowest BCUT2D eigenvalue weighted by Crippen LogP contribution is -2.13. The minimum absolute atomic E-state index is 0.0298. The summed E-state index contributed by atoms with van der Waals surface area (Å²) in [5.74, 6) is -1.08. The summed E-state index contributed by atoms with van der Waals surface area (Å²) in [7, 11) is 0. The van der Waals surface area contributed by atoms with Crippen molar-refractivity contribution in [2.24, 2.45) is 0 Å². The standard InChI is InChI=1S/C9H11F3N2/c1-5(2)7-4-6(3)13-8(14-7)9(10,11)12/h4-5H,1-3H3. The molecule has 0 bridgehead atoms. The van der Waals surface area contributed by atoms with Crippen LogP contribution in [-0.2, 0) is 6.18 Å². The number of rotatable bonds is 1. The van der Waals surface area contributed by atoms with E-state index in [1.54, 1.807) is 19.9 Å². The molecule has 0 saturated carbocycles. The Bertz CT molecular complexity index is 331. The van der Waals surface area contributed by atoms with Gasteiger partial charge < -0.3 is 0 Å². The normalized spacial score (nSPS) is 12.2. The van der Waals surface area contributed by atoms with Gasteiger partial charge >= 0.3 is 6.18 Å². The molecule has 2 nitrogen and oxygen atoms in total. The highest BCUT2D eigenvalue weighted by Crippen LogP contribution is 2.27. The molecule has 1 aromatic heterocycles. The summed E-state index contributed by atoms with van der Waals surface area (Å²) in [4.78, 5) is 6.82. The fourth-order valence-corrected chi connectivity index (χ4v) is 1.02. The maximum Gasteiger partial charge on any atom is 0.451 e. The molecule has 14 heavy (non-hydrogen) atoms. The van der Waals surface area contributed by atoms with Crippen molar-refractivity contribution in [2.75, 3.05) is 0 Å². The summed E-state index contributed by atoms with van der Waals surface area (Å²) >= 11 is 0. The summed E-state index contributed by atoms with van der Waals surface area (Å²) in [6.07, 6.45) is -4.46. The van der Waals surface area contributed by atoms with Gasteiger partial charge in [-0.25, -0.2) is 9.97 Å². The van der Waals surface area contributed by atoms with Gasteiger partial charge in [-0.05, 0) is 18.9 Å². The van der Waals surface area contributed by atoms with Crippen LogP contribution >= 0.6 is 0 Å². The van der Waals surface area contributed by atoms with Crippen LogP contribution in [0.1, 0.15) is 37.0 Å². The van der Waals surface area contributed by atoms with E-state index in [-0.39, 0.29) is 5.92 Å². The molecule has 1 aromatic rings. The van der Waals surface area contributed by atoms with E-state index in [0.29, 0.717) is 11.4 Å². The van der Waals surface area contributed by atoms with E-state index in [9.17, 15) is 13.2 Å². The van der Waals surface area contributed by atoms with Crippen molar-refractivity contribution in [2.45, 2.75) is 32.9 Å². The van der Waals surface area contributed by atoms with Crippen molar-refractivity contribution in [3.63, 3.8) is 0 Å². The van der Waals surface area contributed by atoms with Gasteiger partial charge in [0, 0.05) is 11.4 Å². The highest BCUT2D eigenvalue weighted by molar-refractivity contribution is 5.14. The topological polar surface area (TPSA) is 25.8 Å². The third kappa shape index (κ3) is 2.43. The Kier molecular flexibility index (Phi) is 2.78. The first-order chi connectivity index (χ1) is 6.30. The highest BCUT2D eigenvalue weighted by Gasteiger charge is 2.35. The van der Waals surface area contributed by atoms with Gasteiger partial charge in [0.1, 0.15) is 0 Å². The average Bonchev–Trinajstić information content (AvgIpc) is 2.01. The summed E-state index contributed by atoms with van der Waals surface area (Å²) in [6, 6.07) is 1.57. The molecule has 0 aliphatic rings. The molecule has 0 fully saturated rings. The summed E-state index contributed by atoms with van der Waals surface area (Å²) in [6.45, 7) is 5.12. The van der Waals surface area contributed by atoms with Gasteiger partial charge in [0.05, 0.1) is 0 Å². The van der Waals surface area contributed by atoms with E-state index in [2.05, 4.69) is 9.97 Å². The Morgan fingerprint density at radius 2 is 1.79 bits per heavy atom. The number of aromatic nitrogens is 2. The number of hydrogen-bond acceptors (Lipinski definition) is 2. The predicted octanol–water partition coefficient (Wildman–Crippen LogP) is 2.93. The average molecular weight is 204 g/mol. The summed E-state index contributed by atoms with van der Waals surface area (Å²) in [5.41, 5.74) is 0.765. The first-order valence-electron chi connectivity index (χ1n) is 4.23. The van der Waals surface area contributed by atoms with Gasteiger partial charge in [-0.2, -0.15) is 13.2 Å². The third-order valence-corrected chi connectivity index (χ3v) is 1.72. The zero-order valence-electron chi connectivity index (χ0n) is 8.18. The van der Waals surface area contributed by atoms with Crippen LogP contribution < -0.4 is 0 Å². The monoisotopic (exact) mass is 204 g/mol. The van der Waals surface area contributed by atoms with Crippen LogP contribution in [0.3, 0.4) is 0 Å². The molecule has 0 aromatic carbocycles. The van der Waals surface area contributed by atoms with Gasteiger partial charge in [-0.3, -0.25) is 0 Å². The Morgan fingerprint density at radius 1 is 1.21 bits per heavy atom. The van der Waals surface area contributed by atoms with E-state index in [0.717, 1.165) is 0 Å². The van der Waals surface area contributed by atoms with Crippen LogP contribution in [0.25, 0.3) is 0 Å². The SMILES string of the molecule is Cc1cc(C(C)C)nc(C(F)(F)F)n1. The molecule has 0 radical (unpaired) electrons. The molecule has 1 heterocycles. The van der Waals surface area contributed by atoms with Crippen LogP contribution in [0, 0.1) is 6.92 Å². The molecule has 0 N–H and O–H groups in total. The fraction of sp³-hybridized carbons (Fsp3) is 0.556. The Labute approximate surface area is 80.2 Å². The molecule has 0 amide bonds. The fourth-order valence-electron chi connectivity index (χ4n) is 1.02. The highest BCUT2D eigenvalue weighted by atomic mass is 19.4. The first-order valence-corrected chi connectivity index (χ1v) is 4.23.